The summed E-state index contributed by atoms with van der Waals surface area (Å²) in [7, 11) is 1.84. The van der Waals surface area contributed by atoms with Crippen LogP contribution in [0.5, 0.6) is 0 Å². The van der Waals surface area contributed by atoms with Gasteiger partial charge in [0, 0.05) is 12.7 Å². The predicted molar refractivity (Wildman–Crippen MR) is 64.1 cm³/mol. The number of rotatable bonds is 4. The van der Waals surface area contributed by atoms with Gasteiger partial charge in [-0.2, -0.15) is 5.10 Å². The first-order valence-corrected chi connectivity index (χ1v) is 6.02. The van der Waals surface area contributed by atoms with E-state index in [9.17, 15) is 9.90 Å². The number of aliphatic carboxylic acids is 1. The van der Waals surface area contributed by atoms with Gasteiger partial charge in [-0.1, -0.05) is 0 Å². The molecular weight excluding hydrogens is 248 g/mol. The summed E-state index contributed by atoms with van der Waals surface area (Å²) in [6, 6.07) is 0. The molecule has 1 fully saturated rings. The zero-order chi connectivity index (χ0) is 13.6. The van der Waals surface area contributed by atoms with Crippen LogP contribution in [0.3, 0.4) is 0 Å². The molecule has 3 rings (SSSR count). The van der Waals surface area contributed by atoms with E-state index in [-0.39, 0.29) is 0 Å². The van der Waals surface area contributed by atoms with Crippen molar-refractivity contribution in [1.29, 1.82) is 0 Å². The molecule has 0 aliphatic heterocycles. The highest BCUT2D eigenvalue weighted by molar-refractivity contribution is 5.77. The first kappa shape index (κ1) is 11.8. The molecule has 0 amide bonds. The molecule has 2 aromatic rings. The SMILES string of the molecule is Cc1c(-c2nnnn2CC2(C(=O)O)CC2)cnn1C. The highest BCUT2D eigenvalue weighted by Crippen LogP contribution is 2.47. The number of carboxylic acids is 1. The number of aromatic nitrogens is 6. The molecule has 0 bridgehead atoms. The third-order valence-corrected chi connectivity index (χ3v) is 3.77. The van der Waals surface area contributed by atoms with Crippen molar-refractivity contribution in [2.45, 2.75) is 26.3 Å². The lowest BCUT2D eigenvalue weighted by Crippen LogP contribution is -2.22. The Kier molecular flexibility index (Phi) is 2.41. The molecule has 1 N–H and O–H groups in total. The van der Waals surface area contributed by atoms with E-state index in [1.165, 1.54) is 0 Å². The first-order chi connectivity index (χ1) is 9.03. The van der Waals surface area contributed by atoms with Crippen molar-refractivity contribution >= 4 is 5.97 Å². The quantitative estimate of drug-likeness (QED) is 0.847. The predicted octanol–water partition coefficient (Wildman–Crippen LogP) is 0.247. The molecule has 0 saturated heterocycles. The van der Waals surface area contributed by atoms with Crippen LogP contribution in [0.25, 0.3) is 11.4 Å². The number of aryl methyl sites for hydroxylation is 1. The minimum absolute atomic E-state index is 0.305. The van der Waals surface area contributed by atoms with Crippen LogP contribution in [0.4, 0.5) is 0 Å². The van der Waals surface area contributed by atoms with Gasteiger partial charge in [-0.3, -0.25) is 9.48 Å². The fourth-order valence-electron chi connectivity index (χ4n) is 2.10. The smallest absolute Gasteiger partial charge is 0.311 e. The van der Waals surface area contributed by atoms with Gasteiger partial charge in [0.25, 0.3) is 0 Å². The number of nitrogens with zero attached hydrogens (tertiary/aromatic N) is 6. The second-order valence-corrected chi connectivity index (χ2v) is 5.01. The summed E-state index contributed by atoms with van der Waals surface area (Å²) in [6.07, 6.45) is 3.04. The molecule has 2 aromatic heterocycles. The van der Waals surface area contributed by atoms with Crippen molar-refractivity contribution in [1.82, 2.24) is 30.0 Å². The molecule has 0 unspecified atom stereocenters. The summed E-state index contributed by atoms with van der Waals surface area (Å²) in [5.74, 6) is -0.213. The van der Waals surface area contributed by atoms with Gasteiger partial charge in [0.2, 0.25) is 0 Å². The number of hydrogen-bond donors (Lipinski definition) is 1. The van der Waals surface area contributed by atoms with Crippen LogP contribution in [-0.4, -0.2) is 41.1 Å². The molecule has 0 aromatic carbocycles. The van der Waals surface area contributed by atoms with Gasteiger partial charge in [0.1, 0.15) is 0 Å². The maximum Gasteiger partial charge on any atom is 0.311 e. The van der Waals surface area contributed by atoms with E-state index in [1.54, 1.807) is 15.6 Å². The van der Waals surface area contributed by atoms with E-state index in [0.29, 0.717) is 25.2 Å². The van der Waals surface area contributed by atoms with Gasteiger partial charge in [0.05, 0.1) is 23.7 Å². The van der Waals surface area contributed by atoms with Crippen LogP contribution >= 0.6 is 0 Å². The van der Waals surface area contributed by atoms with E-state index in [1.807, 2.05) is 14.0 Å². The minimum Gasteiger partial charge on any atom is -0.481 e. The summed E-state index contributed by atoms with van der Waals surface area (Å²) in [6.45, 7) is 2.23. The summed E-state index contributed by atoms with van der Waals surface area (Å²) in [5, 5.41) is 24.9. The Bertz CT molecular complexity index is 639. The largest absolute Gasteiger partial charge is 0.481 e. The number of carbonyl (C=O) groups is 1. The third kappa shape index (κ3) is 1.79. The van der Waals surface area contributed by atoms with E-state index >= 15 is 0 Å². The topological polar surface area (TPSA) is 98.7 Å². The average Bonchev–Trinajstić information content (AvgIpc) is 2.91. The maximum atomic E-state index is 11.2. The van der Waals surface area contributed by atoms with Crippen molar-refractivity contribution in [3.63, 3.8) is 0 Å². The fraction of sp³-hybridized carbons (Fsp3) is 0.545. The van der Waals surface area contributed by atoms with Gasteiger partial charge >= 0.3 is 5.97 Å². The average molecular weight is 262 g/mol. The first-order valence-electron chi connectivity index (χ1n) is 6.02. The normalized spacial score (nSPS) is 16.5. The second kappa shape index (κ2) is 3.87. The number of carboxylic acid groups (broad SMARTS) is 1. The standard InChI is InChI=1S/C11H14N6O2/c1-7-8(5-12-16(7)2)9-13-14-15-17(9)6-11(3-4-11)10(18)19/h5H,3-4,6H2,1-2H3,(H,18,19). The van der Waals surface area contributed by atoms with Crippen molar-refractivity contribution in [2.75, 3.05) is 0 Å². The van der Waals surface area contributed by atoms with Crippen molar-refractivity contribution < 1.29 is 9.90 Å². The zero-order valence-corrected chi connectivity index (χ0v) is 10.7. The molecule has 0 atom stereocenters. The molecule has 19 heavy (non-hydrogen) atoms. The summed E-state index contributed by atoms with van der Waals surface area (Å²) in [5.41, 5.74) is 1.07. The molecule has 1 aliphatic rings. The zero-order valence-electron chi connectivity index (χ0n) is 10.7. The van der Waals surface area contributed by atoms with E-state index < -0.39 is 11.4 Å². The number of tetrazole rings is 1. The van der Waals surface area contributed by atoms with Crippen LogP contribution in [0.1, 0.15) is 18.5 Å². The second-order valence-electron chi connectivity index (χ2n) is 5.01. The third-order valence-electron chi connectivity index (χ3n) is 3.77. The minimum atomic E-state index is -0.781. The van der Waals surface area contributed by atoms with Gasteiger partial charge in [-0.15, -0.1) is 5.10 Å². The molecule has 8 heteroatoms. The van der Waals surface area contributed by atoms with Crippen molar-refractivity contribution in [3.8, 4) is 11.4 Å². The summed E-state index contributed by atoms with van der Waals surface area (Å²) >= 11 is 0. The molecule has 100 valence electrons. The van der Waals surface area contributed by atoms with Crippen molar-refractivity contribution in [3.05, 3.63) is 11.9 Å². The molecule has 8 nitrogen and oxygen atoms in total. The van der Waals surface area contributed by atoms with Gasteiger partial charge in [0.15, 0.2) is 5.82 Å². The monoisotopic (exact) mass is 262 g/mol. The molecule has 1 saturated carbocycles. The highest BCUT2D eigenvalue weighted by Gasteiger charge is 2.51. The van der Waals surface area contributed by atoms with Crippen LogP contribution in [0.2, 0.25) is 0 Å². The fourth-order valence-corrected chi connectivity index (χ4v) is 2.10. The van der Waals surface area contributed by atoms with Crippen LogP contribution in [-0.2, 0) is 18.4 Å². The molecule has 0 spiro atoms. The Labute approximate surface area is 109 Å². The Balaban J connectivity index is 1.95. The van der Waals surface area contributed by atoms with Gasteiger partial charge < -0.3 is 5.11 Å². The summed E-state index contributed by atoms with van der Waals surface area (Å²) < 4.78 is 3.30. The Morgan fingerprint density at radius 2 is 2.26 bits per heavy atom. The lowest BCUT2D eigenvalue weighted by molar-refractivity contribution is -0.144. The van der Waals surface area contributed by atoms with Crippen LogP contribution in [0.15, 0.2) is 6.20 Å². The molecular formula is C11H14N6O2. The highest BCUT2D eigenvalue weighted by atomic mass is 16.4. The Hall–Kier alpha value is -2.25. The maximum absolute atomic E-state index is 11.2. The lowest BCUT2D eigenvalue weighted by Gasteiger charge is -2.10. The van der Waals surface area contributed by atoms with E-state index in [4.69, 9.17) is 0 Å². The Morgan fingerprint density at radius 1 is 1.53 bits per heavy atom. The molecule has 0 radical (unpaired) electrons. The van der Waals surface area contributed by atoms with E-state index in [2.05, 4.69) is 20.6 Å². The van der Waals surface area contributed by atoms with E-state index in [0.717, 1.165) is 11.3 Å². The van der Waals surface area contributed by atoms with Crippen molar-refractivity contribution in [2.24, 2.45) is 12.5 Å². The van der Waals surface area contributed by atoms with Gasteiger partial charge in [-0.25, -0.2) is 4.68 Å². The van der Waals surface area contributed by atoms with Gasteiger partial charge in [-0.05, 0) is 30.2 Å². The Morgan fingerprint density at radius 3 is 2.79 bits per heavy atom. The van der Waals surface area contributed by atoms with Crippen LogP contribution in [0, 0.1) is 12.3 Å². The molecule has 2 heterocycles. The lowest BCUT2D eigenvalue weighted by atomic mass is 10.1. The number of hydrogen-bond acceptors (Lipinski definition) is 5. The molecule has 1 aliphatic carbocycles. The van der Waals surface area contributed by atoms with Crippen LogP contribution < -0.4 is 0 Å². The summed E-state index contributed by atoms with van der Waals surface area (Å²) in [4.78, 5) is 11.2.